The summed E-state index contributed by atoms with van der Waals surface area (Å²) in [7, 11) is 0. The smallest absolute Gasteiger partial charge is 0.142 e. The molecule has 0 radical (unpaired) electrons. The van der Waals surface area contributed by atoms with Crippen LogP contribution in [0.1, 0.15) is 34.1 Å². The van der Waals surface area contributed by atoms with E-state index >= 15 is 0 Å². The zero-order valence-corrected chi connectivity index (χ0v) is 13.2. The van der Waals surface area contributed by atoms with Gasteiger partial charge in [-0.1, -0.05) is 26.0 Å². The average molecular weight is 276 g/mol. The molecule has 1 saturated heterocycles. The third kappa shape index (κ3) is 3.66. The molecule has 1 heterocycles. The van der Waals surface area contributed by atoms with Gasteiger partial charge in [-0.3, -0.25) is 0 Å². The molecule has 0 aromatic heterocycles. The molecule has 1 fully saturated rings. The quantitative estimate of drug-likeness (QED) is 0.893. The number of para-hydroxylation sites is 2. The highest BCUT2D eigenvalue weighted by Crippen LogP contribution is 2.31. The number of nitrogens with one attached hydrogen (secondary N) is 1. The Morgan fingerprint density at radius 3 is 2.80 bits per heavy atom. The van der Waals surface area contributed by atoms with Gasteiger partial charge in [0.2, 0.25) is 0 Å². The summed E-state index contributed by atoms with van der Waals surface area (Å²) in [6.07, 6.45) is 1.22. The molecule has 1 aliphatic rings. The minimum Gasteiger partial charge on any atom is -0.492 e. The molecule has 3 heteroatoms. The molecule has 112 valence electrons. The molecule has 1 aromatic carbocycles. The highest BCUT2D eigenvalue weighted by atomic mass is 16.5. The van der Waals surface area contributed by atoms with Crippen molar-refractivity contribution in [2.24, 2.45) is 5.92 Å². The maximum Gasteiger partial charge on any atom is 0.142 e. The van der Waals surface area contributed by atoms with Crippen LogP contribution in [-0.2, 0) is 0 Å². The van der Waals surface area contributed by atoms with E-state index in [1.54, 1.807) is 0 Å². The van der Waals surface area contributed by atoms with E-state index in [0.717, 1.165) is 24.8 Å². The first kappa shape index (κ1) is 15.2. The van der Waals surface area contributed by atoms with Gasteiger partial charge in [0.25, 0.3) is 0 Å². The van der Waals surface area contributed by atoms with E-state index in [1.807, 2.05) is 13.0 Å². The highest BCUT2D eigenvalue weighted by Gasteiger charge is 2.27. The zero-order chi connectivity index (χ0) is 14.5. The Morgan fingerprint density at radius 2 is 2.10 bits per heavy atom. The number of hydrogen-bond donors (Lipinski definition) is 1. The van der Waals surface area contributed by atoms with Gasteiger partial charge >= 0.3 is 0 Å². The lowest BCUT2D eigenvalue weighted by molar-refractivity contribution is 0.330. The van der Waals surface area contributed by atoms with Crippen molar-refractivity contribution in [3.63, 3.8) is 0 Å². The lowest BCUT2D eigenvalue weighted by Crippen LogP contribution is -2.56. The Kier molecular flexibility index (Phi) is 5.30. The van der Waals surface area contributed by atoms with Crippen LogP contribution in [0.2, 0.25) is 0 Å². The summed E-state index contributed by atoms with van der Waals surface area (Å²) in [5.74, 6) is 1.73. The van der Waals surface area contributed by atoms with Crippen molar-refractivity contribution < 1.29 is 4.74 Å². The van der Waals surface area contributed by atoms with E-state index in [4.69, 9.17) is 4.74 Å². The Morgan fingerprint density at radius 1 is 1.35 bits per heavy atom. The Balaban J connectivity index is 2.16. The summed E-state index contributed by atoms with van der Waals surface area (Å²) in [5.41, 5.74) is 1.23. The van der Waals surface area contributed by atoms with Crippen LogP contribution in [0.4, 0.5) is 5.69 Å². The lowest BCUT2D eigenvalue weighted by Gasteiger charge is -2.41. The van der Waals surface area contributed by atoms with Crippen molar-refractivity contribution in [2.45, 2.75) is 46.2 Å². The van der Waals surface area contributed by atoms with E-state index in [0.29, 0.717) is 18.7 Å². The molecule has 1 aromatic rings. The second-order valence-corrected chi connectivity index (χ2v) is 6.14. The molecule has 3 nitrogen and oxygen atoms in total. The van der Waals surface area contributed by atoms with Crippen LogP contribution in [0.5, 0.6) is 5.75 Å². The van der Waals surface area contributed by atoms with Gasteiger partial charge in [0.15, 0.2) is 0 Å². The molecule has 0 bridgehead atoms. The number of benzene rings is 1. The summed E-state index contributed by atoms with van der Waals surface area (Å²) >= 11 is 0. The third-order valence-electron chi connectivity index (χ3n) is 3.88. The zero-order valence-electron chi connectivity index (χ0n) is 13.2. The average Bonchev–Trinajstić information content (AvgIpc) is 2.42. The number of nitrogens with zero attached hydrogens (tertiary/aromatic N) is 1. The summed E-state index contributed by atoms with van der Waals surface area (Å²) in [6, 6.07) is 9.47. The van der Waals surface area contributed by atoms with E-state index in [9.17, 15) is 0 Å². The van der Waals surface area contributed by atoms with E-state index in [1.165, 1.54) is 12.1 Å². The molecular weight excluding hydrogens is 248 g/mol. The number of hydrogen-bond acceptors (Lipinski definition) is 3. The van der Waals surface area contributed by atoms with Gasteiger partial charge in [0.05, 0.1) is 12.3 Å². The van der Waals surface area contributed by atoms with Crippen molar-refractivity contribution in [2.75, 3.05) is 24.6 Å². The van der Waals surface area contributed by atoms with E-state index < -0.39 is 0 Å². The molecule has 1 N–H and O–H groups in total. The van der Waals surface area contributed by atoms with Crippen LogP contribution in [0, 0.1) is 5.92 Å². The van der Waals surface area contributed by atoms with Crippen LogP contribution in [0.25, 0.3) is 0 Å². The second-order valence-electron chi connectivity index (χ2n) is 6.14. The summed E-state index contributed by atoms with van der Waals surface area (Å²) in [5, 5.41) is 3.67. The topological polar surface area (TPSA) is 24.5 Å². The normalized spacial score (nSPS) is 23.1. The summed E-state index contributed by atoms with van der Waals surface area (Å²) in [4.78, 5) is 2.49. The molecule has 1 aliphatic heterocycles. The fourth-order valence-electron chi connectivity index (χ4n) is 2.96. The van der Waals surface area contributed by atoms with Crippen LogP contribution in [0.3, 0.4) is 0 Å². The molecule has 0 spiro atoms. The molecule has 2 unspecified atom stereocenters. The first-order valence-corrected chi connectivity index (χ1v) is 7.83. The van der Waals surface area contributed by atoms with Gasteiger partial charge < -0.3 is 15.0 Å². The minimum absolute atomic E-state index is 0.500. The first-order chi connectivity index (χ1) is 9.61. The van der Waals surface area contributed by atoms with Crippen molar-refractivity contribution in [1.82, 2.24) is 5.32 Å². The minimum atomic E-state index is 0.500. The van der Waals surface area contributed by atoms with Gasteiger partial charge in [-0.05, 0) is 38.3 Å². The second kappa shape index (κ2) is 6.98. The first-order valence-electron chi connectivity index (χ1n) is 7.83. The monoisotopic (exact) mass is 276 g/mol. The van der Waals surface area contributed by atoms with Crippen molar-refractivity contribution >= 4 is 5.69 Å². The molecule has 20 heavy (non-hydrogen) atoms. The fourth-order valence-corrected chi connectivity index (χ4v) is 2.96. The Bertz CT molecular complexity index is 419. The third-order valence-corrected chi connectivity index (χ3v) is 3.88. The van der Waals surface area contributed by atoms with Crippen LogP contribution in [-0.4, -0.2) is 31.8 Å². The highest BCUT2D eigenvalue weighted by molar-refractivity contribution is 5.59. The van der Waals surface area contributed by atoms with Crippen molar-refractivity contribution in [3.8, 4) is 5.75 Å². The Hall–Kier alpha value is -1.22. The predicted molar refractivity (Wildman–Crippen MR) is 85.7 cm³/mol. The molecule has 0 amide bonds. The predicted octanol–water partition coefficient (Wildman–Crippen LogP) is 3.30. The van der Waals surface area contributed by atoms with E-state index in [-0.39, 0.29) is 0 Å². The molecule has 0 aliphatic carbocycles. The van der Waals surface area contributed by atoms with Gasteiger partial charge in [-0.25, -0.2) is 0 Å². The van der Waals surface area contributed by atoms with Crippen LogP contribution >= 0.6 is 0 Å². The lowest BCUT2D eigenvalue weighted by atomic mass is 9.99. The largest absolute Gasteiger partial charge is 0.492 e. The molecule has 0 saturated carbocycles. The fraction of sp³-hybridized carbons (Fsp3) is 0.647. The number of rotatable bonds is 5. The SMILES string of the molecule is CCOc1ccccc1N1CC(CC(C)C)NCC1C. The summed E-state index contributed by atoms with van der Waals surface area (Å²) in [6.45, 7) is 11.7. The van der Waals surface area contributed by atoms with Gasteiger partial charge in [0.1, 0.15) is 5.75 Å². The van der Waals surface area contributed by atoms with Crippen molar-refractivity contribution in [3.05, 3.63) is 24.3 Å². The maximum absolute atomic E-state index is 5.79. The summed E-state index contributed by atoms with van der Waals surface area (Å²) < 4.78 is 5.79. The number of anilines is 1. The Labute approximate surface area is 123 Å². The molecule has 2 atom stereocenters. The van der Waals surface area contributed by atoms with Crippen LogP contribution < -0.4 is 15.0 Å². The number of ether oxygens (including phenoxy) is 1. The van der Waals surface area contributed by atoms with Gasteiger partial charge in [-0.2, -0.15) is 0 Å². The maximum atomic E-state index is 5.79. The van der Waals surface area contributed by atoms with E-state index in [2.05, 4.69) is 49.2 Å². The van der Waals surface area contributed by atoms with Gasteiger partial charge in [0, 0.05) is 25.2 Å². The standard InChI is InChI=1S/C17H28N2O/c1-5-20-17-9-7-6-8-16(17)19-12-15(10-13(2)3)18-11-14(19)4/h6-9,13-15,18H,5,10-12H2,1-4H3. The number of piperazine rings is 1. The van der Waals surface area contributed by atoms with Crippen LogP contribution in [0.15, 0.2) is 24.3 Å². The molecule has 2 rings (SSSR count). The van der Waals surface area contributed by atoms with Crippen molar-refractivity contribution in [1.29, 1.82) is 0 Å². The molecular formula is C17H28N2O. The van der Waals surface area contributed by atoms with Gasteiger partial charge in [-0.15, -0.1) is 0 Å².